The summed E-state index contributed by atoms with van der Waals surface area (Å²) in [5.74, 6) is -1.43. The first-order valence-electron chi connectivity index (χ1n) is 7.46. The van der Waals surface area contributed by atoms with Crippen LogP contribution in [0.5, 0.6) is 0 Å². The van der Waals surface area contributed by atoms with Crippen molar-refractivity contribution in [2.45, 2.75) is 13.5 Å². The Labute approximate surface area is 140 Å². The summed E-state index contributed by atoms with van der Waals surface area (Å²) in [5.41, 5.74) is 2.62. The fourth-order valence-corrected chi connectivity index (χ4v) is 2.01. The smallest absolute Gasteiger partial charge is 0.331 e. The Morgan fingerprint density at radius 2 is 1.96 bits per heavy atom. The number of hydrogen-bond acceptors (Lipinski definition) is 3. The molecule has 0 fully saturated rings. The van der Waals surface area contributed by atoms with E-state index in [0.29, 0.717) is 12.1 Å². The molecule has 24 heavy (non-hydrogen) atoms. The molecule has 4 nitrogen and oxygen atoms in total. The van der Waals surface area contributed by atoms with Gasteiger partial charge in [0, 0.05) is 12.6 Å². The number of esters is 1. The third kappa shape index (κ3) is 5.68. The van der Waals surface area contributed by atoms with Gasteiger partial charge in [-0.1, -0.05) is 36.4 Å². The molecule has 0 radical (unpaired) electrons. The Morgan fingerprint density at radius 1 is 1.17 bits per heavy atom. The Bertz CT molecular complexity index is 756. The van der Waals surface area contributed by atoms with Crippen molar-refractivity contribution in [3.63, 3.8) is 0 Å². The van der Waals surface area contributed by atoms with E-state index in [0.717, 1.165) is 17.2 Å². The lowest BCUT2D eigenvalue weighted by Crippen LogP contribution is -2.28. The molecule has 0 saturated carbocycles. The maximum absolute atomic E-state index is 13.0. The van der Waals surface area contributed by atoms with Gasteiger partial charge in [0.05, 0.1) is 0 Å². The van der Waals surface area contributed by atoms with E-state index in [1.54, 1.807) is 12.1 Å². The number of rotatable bonds is 6. The Morgan fingerprint density at radius 3 is 2.71 bits per heavy atom. The number of amides is 1. The first-order chi connectivity index (χ1) is 11.5. The first kappa shape index (κ1) is 17.4. The van der Waals surface area contributed by atoms with Gasteiger partial charge < -0.3 is 10.1 Å². The molecule has 0 unspecified atom stereocenters. The summed E-state index contributed by atoms with van der Waals surface area (Å²) < 4.78 is 17.8. The van der Waals surface area contributed by atoms with Gasteiger partial charge in [-0.3, -0.25) is 4.79 Å². The van der Waals surface area contributed by atoms with E-state index < -0.39 is 5.97 Å². The topological polar surface area (TPSA) is 55.4 Å². The zero-order valence-corrected chi connectivity index (χ0v) is 13.3. The number of nitrogens with one attached hydrogen (secondary N) is 1. The molecular weight excluding hydrogens is 309 g/mol. The second-order valence-electron chi connectivity index (χ2n) is 5.20. The summed E-state index contributed by atoms with van der Waals surface area (Å²) in [6.07, 6.45) is 2.58. The van der Waals surface area contributed by atoms with Crippen molar-refractivity contribution in [1.82, 2.24) is 5.32 Å². The number of carbonyl (C=O) groups excluding carboxylic acids is 2. The summed E-state index contributed by atoms with van der Waals surface area (Å²) >= 11 is 0. The molecule has 0 aromatic heterocycles. The average molecular weight is 327 g/mol. The molecule has 0 saturated heterocycles. The van der Waals surface area contributed by atoms with Gasteiger partial charge in [-0.2, -0.15) is 0 Å². The fourth-order valence-electron chi connectivity index (χ4n) is 2.01. The molecule has 0 aliphatic heterocycles. The van der Waals surface area contributed by atoms with Gasteiger partial charge in [0.25, 0.3) is 5.91 Å². The molecule has 0 atom stereocenters. The van der Waals surface area contributed by atoms with E-state index in [1.165, 1.54) is 18.2 Å². The maximum Gasteiger partial charge on any atom is 0.331 e. The zero-order chi connectivity index (χ0) is 17.4. The van der Waals surface area contributed by atoms with Crippen molar-refractivity contribution in [1.29, 1.82) is 0 Å². The summed E-state index contributed by atoms with van der Waals surface area (Å²) in [6, 6.07) is 13.5. The van der Waals surface area contributed by atoms with E-state index in [-0.39, 0.29) is 18.3 Å². The normalized spacial score (nSPS) is 10.6. The monoisotopic (exact) mass is 327 g/mol. The molecule has 2 aromatic carbocycles. The van der Waals surface area contributed by atoms with E-state index in [9.17, 15) is 14.0 Å². The third-order valence-corrected chi connectivity index (χ3v) is 3.34. The highest BCUT2D eigenvalue weighted by molar-refractivity contribution is 5.89. The number of carbonyl (C=O) groups is 2. The lowest BCUT2D eigenvalue weighted by molar-refractivity contribution is -0.143. The van der Waals surface area contributed by atoms with Gasteiger partial charge in [-0.15, -0.1) is 0 Å². The second kappa shape index (κ2) is 8.62. The van der Waals surface area contributed by atoms with Crippen molar-refractivity contribution >= 4 is 18.0 Å². The van der Waals surface area contributed by atoms with Crippen molar-refractivity contribution < 1.29 is 18.7 Å². The van der Waals surface area contributed by atoms with Crippen molar-refractivity contribution in [3.05, 3.63) is 77.1 Å². The second-order valence-corrected chi connectivity index (χ2v) is 5.20. The Hall–Kier alpha value is -2.95. The highest BCUT2D eigenvalue weighted by atomic mass is 19.1. The lowest BCUT2D eigenvalue weighted by atomic mass is 10.1. The van der Waals surface area contributed by atoms with Gasteiger partial charge in [-0.25, -0.2) is 9.18 Å². The van der Waals surface area contributed by atoms with Crippen LogP contribution < -0.4 is 5.32 Å². The van der Waals surface area contributed by atoms with Crippen LogP contribution in [0.15, 0.2) is 54.6 Å². The van der Waals surface area contributed by atoms with Crippen LogP contribution in [-0.2, 0) is 20.9 Å². The average Bonchev–Trinajstić information content (AvgIpc) is 2.57. The molecule has 0 aliphatic carbocycles. The third-order valence-electron chi connectivity index (χ3n) is 3.34. The summed E-state index contributed by atoms with van der Waals surface area (Å²) in [4.78, 5) is 23.2. The van der Waals surface area contributed by atoms with Crippen LogP contribution in [-0.4, -0.2) is 18.5 Å². The molecule has 5 heteroatoms. The largest absolute Gasteiger partial charge is 0.452 e. The minimum Gasteiger partial charge on any atom is -0.452 e. The number of ether oxygens (including phenoxy) is 1. The van der Waals surface area contributed by atoms with Crippen LogP contribution in [0, 0.1) is 12.7 Å². The standard InChI is InChI=1S/C19H18FNO3/c1-14-5-2-3-7-16(14)12-21-18(22)13-24-19(23)10-9-15-6-4-8-17(20)11-15/h2-11H,12-13H2,1H3,(H,21,22)/b10-9+. The SMILES string of the molecule is Cc1ccccc1CNC(=O)COC(=O)/C=C/c1cccc(F)c1. The zero-order valence-electron chi connectivity index (χ0n) is 13.3. The molecule has 1 amide bonds. The highest BCUT2D eigenvalue weighted by Crippen LogP contribution is 2.06. The maximum atomic E-state index is 13.0. The Kier molecular flexibility index (Phi) is 6.25. The van der Waals surface area contributed by atoms with Crippen LogP contribution in [0.1, 0.15) is 16.7 Å². The fraction of sp³-hybridized carbons (Fsp3) is 0.158. The molecule has 0 bridgehead atoms. The first-order valence-corrected chi connectivity index (χ1v) is 7.46. The summed E-state index contributed by atoms with van der Waals surface area (Å²) in [6.45, 7) is 1.97. The molecule has 124 valence electrons. The van der Waals surface area contributed by atoms with Crippen LogP contribution in [0.4, 0.5) is 4.39 Å². The van der Waals surface area contributed by atoms with Gasteiger partial charge in [0.2, 0.25) is 0 Å². The van der Waals surface area contributed by atoms with Crippen LogP contribution in [0.2, 0.25) is 0 Å². The molecule has 2 aromatic rings. The van der Waals surface area contributed by atoms with Crippen molar-refractivity contribution in [2.75, 3.05) is 6.61 Å². The number of hydrogen-bond donors (Lipinski definition) is 1. The molecule has 0 spiro atoms. The van der Waals surface area contributed by atoms with Gasteiger partial charge in [0.15, 0.2) is 6.61 Å². The van der Waals surface area contributed by atoms with Crippen LogP contribution >= 0.6 is 0 Å². The summed E-state index contributed by atoms with van der Waals surface area (Å²) in [5, 5.41) is 2.69. The molecule has 0 heterocycles. The molecular formula is C19H18FNO3. The summed E-state index contributed by atoms with van der Waals surface area (Å²) in [7, 11) is 0. The number of benzene rings is 2. The minimum absolute atomic E-state index is 0.363. The molecule has 2 rings (SSSR count). The van der Waals surface area contributed by atoms with E-state index in [4.69, 9.17) is 4.74 Å². The predicted octanol–water partition coefficient (Wildman–Crippen LogP) is 3.01. The highest BCUT2D eigenvalue weighted by Gasteiger charge is 2.05. The van der Waals surface area contributed by atoms with E-state index in [1.807, 2.05) is 31.2 Å². The van der Waals surface area contributed by atoms with E-state index in [2.05, 4.69) is 5.32 Å². The van der Waals surface area contributed by atoms with E-state index >= 15 is 0 Å². The molecule has 1 N–H and O–H groups in total. The predicted molar refractivity (Wildman–Crippen MR) is 89.4 cm³/mol. The van der Waals surface area contributed by atoms with Crippen LogP contribution in [0.25, 0.3) is 6.08 Å². The number of aryl methyl sites for hydroxylation is 1. The van der Waals surface area contributed by atoms with Crippen LogP contribution in [0.3, 0.4) is 0 Å². The minimum atomic E-state index is -0.662. The lowest BCUT2D eigenvalue weighted by Gasteiger charge is -2.07. The van der Waals surface area contributed by atoms with Gasteiger partial charge in [-0.05, 0) is 41.8 Å². The quantitative estimate of drug-likeness (QED) is 0.655. The van der Waals surface area contributed by atoms with Crippen molar-refractivity contribution in [2.24, 2.45) is 0 Å². The molecule has 0 aliphatic rings. The van der Waals surface area contributed by atoms with Gasteiger partial charge >= 0.3 is 5.97 Å². The Balaban J connectivity index is 1.75. The van der Waals surface area contributed by atoms with Gasteiger partial charge in [0.1, 0.15) is 5.82 Å². The number of halogens is 1. The van der Waals surface area contributed by atoms with Crippen molar-refractivity contribution in [3.8, 4) is 0 Å².